The van der Waals surface area contributed by atoms with E-state index in [1.165, 1.54) is 10.4 Å². The van der Waals surface area contributed by atoms with Gasteiger partial charge in [0, 0.05) is 21.5 Å². The maximum atomic E-state index is 12.7. The van der Waals surface area contributed by atoms with Gasteiger partial charge in [0.1, 0.15) is 0 Å². The lowest BCUT2D eigenvalue weighted by molar-refractivity contribution is -0.641. The van der Waals surface area contributed by atoms with Gasteiger partial charge in [-0.15, -0.1) is 11.3 Å². The van der Waals surface area contributed by atoms with Crippen LogP contribution in [-0.2, 0) is 11.2 Å². The molecule has 2 heterocycles. The largest absolute Gasteiger partial charge is 0.339 e. The average Bonchev–Trinajstić information content (AvgIpc) is 3.00. The minimum atomic E-state index is -0.118. The summed E-state index contributed by atoms with van der Waals surface area (Å²) < 4.78 is 0. The number of hydrogen-bond acceptors (Lipinski definition) is 2. The zero-order chi connectivity index (χ0) is 16.4. The SMILES string of the molecule is CC[NH2+]CC(=O)N1CCc2sccc2[C@@H]1c1ccc(Cl)cc1Cl. The number of carbonyl (C=O) groups is 1. The molecule has 0 spiro atoms. The van der Waals surface area contributed by atoms with E-state index >= 15 is 0 Å². The highest BCUT2D eigenvalue weighted by molar-refractivity contribution is 7.10. The van der Waals surface area contributed by atoms with E-state index in [-0.39, 0.29) is 11.9 Å². The van der Waals surface area contributed by atoms with Gasteiger partial charge in [0.2, 0.25) is 0 Å². The molecule has 6 heteroatoms. The van der Waals surface area contributed by atoms with E-state index in [2.05, 4.69) is 11.4 Å². The van der Waals surface area contributed by atoms with Gasteiger partial charge in [0.15, 0.2) is 6.54 Å². The highest BCUT2D eigenvalue weighted by atomic mass is 35.5. The van der Waals surface area contributed by atoms with Gasteiger partial charge in [-0.1, -0.05) is 29.3 Å². The summed E-state index contributed by atoms with van der Waals surface area (Å²) in [5.41, 5.74) is 2.13. The highest BCUT2D eigenvalue weighted by Crippen LogP contribution is 2.40. The number of amides is 1. The van der Waals surface area contributed by atoms with Crippen molar-refractivity contribution in [2.24, 2.45) is 0 Å². The Morgan fingerprint density at radius 1 is 1.35 bits per heavy atom. The van der Waals surface area contributed by atoms with Gasteiger partial charge < -0.3 is 10.2 Å². The van der Waals surface area contributed by atoms with Gasteiger partial charge in [0.05, 0.1) is 12.6 Å². The number of rotatable bonds is 4. The normalized spacial score (nSPS) is 17.2. The molecule has 1 aromatic heterocycles. The summed E-state index contributed by atoms with van der Waals surface area (Å²) in [5.74, 6) is 0.153. The molecular formula is C17H19Cl2N2OS+. The Hall–Kier alpha value is -1.07. The fourth-order valence-electron chi connectivity index (χ4n) is 3.03. The third-order valence-corrected chi connectivity index (χ3v) is 5.71. The number of halogens is 2. The van der Waals surface area contributed by atoms with Crippen LogP contribution in [0.1, 0.15) is 29.0 Å². The van der Waals surface area contributed by atoms with Crippen molar-refractivity contribution in [2.45, 2.75) is 19.4 Å². The highest BCUT2D eigenvalue weighted by Gasteiger charge is 2.34. The van der Waals surface area contributed by atoms with E-state index in [1.807, 2.05) is 29.3 Å². The van der Waals surface area contributed by atoms with Crippen molar-refractivity contribution >= 4 is 40.4 Å². The van der Waals surface area contributed by atoms with E-state index in [9.17, 15) is 4.79 Å². The van der Waals surface area contributed by atoms with Crippen LogP contribution in [0.3, 0.4) is 0 Å². The van der Waals surface area contributed by atoms with Gasteiger partial charge in [-0.2, -0.15) is 0 Å². The number of carbonyl (C=O) groups excluding carboxylic acids is 1. The molecule has 1 amide bonds. The van der Waals surface area contributed by atoms with Gasteiger partial charge >= 0.3 is 0 Å². The van der Waals surface area contributed by atoms with Crippen molar-refractivity contribution in [3.8, 4) is 0 Å². The number of quaternary nitrogens is 1. The first-order valence-electron chi connectivity index (χ1n) is 7.74. The maximum Gasteiger partial charge on any atom is 0.278 e. The summed E-state index contributed by atoms with van der Waals surface area (Å²) in [6, 6.07) is 7.52. The minimum Gasteiger partial charge on any atom is -0.339 e. The molecule has 2 aromatic rings. The summed E-state index contributed by atoms with van der Waals surface area (Å²) in [6.07, 6.45) is 0.909. The first kappa shape index (κ1) is 16.8. The lowest BCUT2D eigenvalue weighted by atomic mass is 9.93. The van der Waals surface area contributed by atoms with E-state index in [0.717, 1.165) is 25.1 Å². The second kappa shape index (κ2) is 7.22. The molecule has 122 valence electrons. The molecule has 0 bridgehead atoms. The van der Waals surface area contributed by atoms with Crippen LogP contribution in [0.4, 0.5) is 0 Å². The number of thiophene rings is 1. The minimum absolute atomic E-state index is 0.118. The van der Waals surface area contributed by atoms with Crippen molar-refractivity contribution in [2.75, 3.05) is 19.6 Å². The Morgan fingerprint density at radius 2 is 2.17 bits per heavy atom. The summed E-state index contributed by atoms with van der Waals surface area (Å²) in [5, 5.41) is 5.33. The topological polar surface area (TPSA) is 36.9 Å². The third-order valence-electron chi connectivity index (χ3n) is 4.15. The van der Waals surface area contributed by atoms with Crippen LogP contribution in [0.5, 0.6) is 0 Å². The smallest absolute Gasteiger partial charge is 0.278 e. The monoisotopic (exact) mass is 369 g/mol. The van der Waals surface area contributed by atoms with E-state index in [4.69, 9.17) is 23.2 Å². The van der Waals surface area contributed by atoms with Gasteiger partial charge in [-0.25, -0.2) is 0 Å². The Kier molecular flexibility index (Phi) is 5.27. The van der Waals surface area contributed by atoms with Crippen LogP contribution in [0.25, 0.3) is 0 Å². The first-order valence-corrected chi connectivity index (χ1v) is 9.37. The Balaban J connectivity index is 2.01. The summed E-state index contributed by atoms with van der Waals surface area (Å²) in [7, 11) is 0. The number of likely N-dealkylation sites (N-methyl/N-ethyl adjacent to an activating group) is 1. The molecule has 0 saturated carbocycles. The quantitative estimate of drug-likeness (QED) is 0.882. The van der Waals surface area contributed by atoms with E-state index in [1.54, 1.807) is 17.4 Å². The fraction of sp³-hybridized carbons (Fsp3) is 0.353. The van der Waals surface area contributed by atoms with E-state index < -0.39 is 0 Å². The predicted molar refractivity (Wildman–Crippen MR) is 95.4 cm³/mol. The van der Waals surface area contributed by atoms with Crippen molar-refractivity contribution in [1.82, 2.24) is 4.90 Å². The number of benzene rings is 1. The number of fused-ring (bicyclic) bond motifs is 1. The number of nitrogens with zero attached hydrogens (tertiary/aromatic N) is 1. The second-order valence-electron chi connectivity index (χ2n) is 5.61. The van der Waals surface area contributed by atoms with Gasteiger partial charge in [-0.05, 0) is 48.1 Å². The fourth-order valence-corrected chi connectivity index (χ4v) is 4.44. The Bertz CT molecular complexity index is 716. The van der Waals surface area contributed by atoms with Gasteiger partial charge in [-0.3, -0.25) is 4.79 Å². The lowest BCUT2D eigenvalue weighted by Gasteiger charge is -2.36. The molecule has 3 rings (SSSR count). The molecule has 3 nitrogen and oxygen atoms in total. The molecule has 1 atom stereocenters. The first-order chi connectivity index (χ1) is 11.1. The van der Waals surface area contributed by atoms with Crippen LogP contribution < -0.4 is 5.32 Å². The van der Waals surface area contributed by atoms with Crippen LogP contribution in [0, 0.1) is 0 Å². The van der Waals surface area contributed by atoms with Crippen molar-refractivity contribution in [1.29, 1.82) is 0 Å². The molecule has 23 heavy (non-hydrogen) atoms. The number of hydrogen-bond donors (Lipinski definition) is 1. The molecule has 0 aliphatic carbocycles. The molecule has 0 radical (unpaired) electrons. The molecule has 0 fully saturated rings. The third kappa shape index (κ3) is 3.41. The standard InChI is InChI=1S/C17H18Cl2N2OS/c1-2-20-10-16(22)21-7-5-15-13(6-8-23-15)17(21)12-4-3-11(18)9-14(12)19/h3-4,6,8-9,17,20H,2,5,7,10H2,1H3/p+1/t17-/m0/s1. The predicted octanol–water partition coefficient (Wildman–Crippen LogP) is 3.11. The number of nitrogens with two attached hydrogens (primary N) is 1. The molecule has 2 N–H and O–H groups in total. The lowest BCUT2D eigenvalue weighted by Crippen LogP contribution is -2.86. The van der Waals surface area contributed by atoms with E-state index in [0.29, 0.717) is 16.6 Å². The van der Waals surface area contributed by atoms with Crippen LogP contribution in [-0.4, -0.2) is 30.4 Å². The van der Waals surface area contributed by atoms with Gasteiger partial charge in [0.25, 0.3) is 5.91 Å². The molecule has 0 unspecified atom stereocenters. The van der Waals surface area contributed by atoms with Crippen molar-refractivity contribution < 1.29 is 10.1 Å². The Labute approximate surface area is 150 Å². The van der Waals surface area contributed by atoms with Crippen molar-refractivity contribution in [3.05, 3.63) is 55.7 Å². The molecule has 1 aliphatic rings. The molecule has 1 aromatic carbocycles. The molecule has 0 saturated heterocycles. The van der Waals surface area contributed by atoms with Crippen LogP contribution in [0.2, 0.25) is 10.0 Å². The summed E-state index contributed by atoms with van der Waals surface area (Å²) in [6.45, 7) is 4.15. The summed E-state index contributed by atoms with van der Waals surface area (Å²) >= 11 is 14.2. The molecular weight excluding hydrogens is 351 g/mol. The zero-order valence-corrected chi connectivity index (χ0v) is 15.2. The van der Waals surface area contributed by atoms with Crippen LogP contribution in [0.15, 0.2) is 29.6 Å². The molecule has 1 aliphatic heterocycles. The zero-order valence-electron chi connectivity index (χ0n) is 12.9. The van der Waals surface area contributed by atoms with Crippen LogP contribution >= 0.6 is 34.5 Å². The Morgan fingerprint density at radius 3 is 2.91 bits per heavy atom. The second-order valence-corrected chi connectivity index (χ2v) is 7.45. The summed E-state index contributed by atoms with van der Waals surface area (Å²) in [4.78, 5) is 16.0. The average molecular weight is 370 g/mol. The maximum absolute atomic E-state index is 12.7. The van der Waals surface area contributed by atoms with Crippen molar-refractivity contribution in [3.63, 3.8) is 0 Å².